The van der Waals surface area contributed by atoms with Crippen LogP contribution in [0.5, 0.6) is 0 Å². The number of rotatable bonds is 6. The third-order valence-corrected chi connectivity index (χ3v) is 4.94. The molecule has 7 nitrogen and oxygen atoms in total. The molecule has 0 aliphatic carbocycles. The summed E-state index contributed by atoms with van der Waals surface area (Å²) in [4.78, 5) is 18.9. The summed E-state index contributed by atoms with van der Waals surface area (Å²) in [5.74, 6) is 1.02. The van der Waals surface area contributed by atoms with Crippen molar-refractivity contribution in [1.29, 1.82) is 0 Å². The lowest BCUT2D eigenvalue weighted by atomic mass is 10.1. The van der Waals surface area contributed by atoms with Crippen LogP contribution in [0.2, 0.25) is 0 Å². The summed E-state index contributed by atoms with van der Waals surface area (Å²) in [7, 11) is 0. The number of hydrogen-bond donors (Lipinski definition) is 1. The van der Waals surface area contributed by atoms with Crippen molar-refractivity contribution in [2.45, 2.75) is 39.3 Å². The topological polar surface area (TPSA) is 76.2 Å². The Kier molecular flexibility index (Phi) is 5.53. The number of aryl methyl sites for hydroxylation is 1. The van der Waals surface area contributed by atoms with Crippen LogP contribution in [0, 0.1) is 6.92 Å². The summed E-state index contributed by atoms with van der Waals surface area (Å²) in [6.45, 7) is 5.58. The Labute approximate surface area is 164 Å². The van der Waals surface area contributed by atoms with Crippen molar-refractivity contribution in [2.75, 3.05) is 18.4 Å². The first-order chi connectivity index (χ1) is 13.7. The number of nitrogens with zero attached hydrogens (tertiary/aromatic N) is 4. The lowest BCUT2D eigenvalue weighted by molar-refractivity contribution is 0.0991. The summed E-state index contributed by atoms with van der Waals surface area (Å²) in [5.41, 5.74) is 2.34. The van der Waals surface area contributed by atoms with E-state index in [0.29, 0.717) is 6.54 Å². The maximum Gasteiger partial charge on any atom is 0.293 e. The van der Waals surface area contributed by atoms with Gasteiger partial charge in [-0.15, -0.1) is 5.10 Å². The molecule has 0 spiro atoms. The van der Waals surface area contributed by atoms with Crippen LogP contribution in [0.4, 0.5) is 5.95 Å². The monoisotopic (exact) mass is 379 g/mol. The number of carbonyl (C=O) groups is 1. The number of aromatic nitrogens is 3. The average Bonchev–Trinajstić information content (AvgIpc) is 3.34. The Balaban J connectivity index is 1.33. The SMILES string of the molecule is Cc1ccc(Cn2cnc(NC(=O)c3ccc(CN4CCCCC4)o3)n2)cc1. The summed E-state index contributed by atoms with van der Waals surface area (Å²) in [6.07, 6.45) is 5.36. The van der Waals surface area contributed by atoms with E-state index in [1.54, 1.807) is 17.1 Å². The lowest BCUT2D eigenvalue weighted by Crippen LogP contribution is -2.28. The smallest absolute Gasteiger partial charge is 0.293 e. The molecule has 1 aliphatic rings. The summed E-state index contributed by atoms with van der Waals surface area (Å²) in [6, 6.07) is 11.8. The van der Waals surface area contributed by atoms with Gasteiger partial charge in [-0.1, -0.05) is 36.2 Å². The molecule has 0 bridgehead atoms. The fraction of sp³-hybridized carbons (Fsp3) is 0.381. The van der Waals surface area contributed by atoms with Gasteiger partial charge in [0.1, 0.15) is 12.1 Å². The van der Waals surface area contributed by atoms with Crippen molar-refractivity contribution in [2.24, 2.45) is 0 Å². The standard InChI is InChI=1S/C21H25N5O2/c1-16-5-7-17(8-6-16)13-26-15-22-21(24-26)23-20(27)19-10-9-18(28-19)14-25-11-3-2-4-12-25/h5-10,15H,2-4,11-14H2,1H3,(H,23,24,27). The first-order valence-corrected chi connectivity index (χ1v) is 9.73. The highest BCUT2D eigenvalue weighted by molar-refractivity contribution is 6.01. The van der Waals surface area contributed by atoms with Gasteiger partial charge < -0.3 is 4.42 Å². The molecule has 3 heterocycles. The van der Waals surface area contributed by atoms with Crippen molar-refractivity contribution < 1.29 is 9.21 Å². The zero-order chi connectivity index (χ0) is 19.3. The van der Waals surface area contributed by atoms with Crippen LogP contribution in [-0.2, 0) is 13.1 Å². The van der Waals surface area contributed by atoms with Gasteiger partial charge >= 0.3 is 0 Å². The number of amides is 1. The van der Waals surface area contributed by atoms with Gasteiger partial charge in [0, 0.05) is 0 Å². The van der Waals surface area contributed by atoms with Gasteiger partial charge in [-0.25, -0.2) is 9.67 Å². The van der Waals surface area contributed by atoms with E-state index < -0.39 is 0 Å². The number of benzene rings is 1. The van der Waals surface area contributed by atoms with E-state index in [-0.39, 0.29) is 17.6 Å². The molecule has 1 saturated heterocycles. The summed E-state index contributed by atoms with van der Waals surface area (Å²) < 4.78 is 7.42. The number of piperidine rings is 1. The second-order valence-corrected chi connectivity index (χ2v) is 7.31. The van der Waals surface area contributed by atoms with Gasteiger partial charge in [-0.05, 0) is 50.6 Å². The molecule has 4 rings (SSSR count). The fourth-order valence-electron chi connectivity index (χ4n) is 3.39. The summed E-state index contributed by atoms with van der Waals surface area (Å²) >= 11 is 0. The molecule has 0 saturated carbocycles. The highest BCUT2D eigenvalue weighted by Crippen LogP contribution is 2.16. The van der Waals surface area contributed by atoms with E-state index in [1.807, 2.05) is 6.07 Å². The third kappa shape index (κ3) is 4.67. The summed E-state index contributed by atoms with van der Waals surface area (Å²) in [5, 5.41) is 7.02. The van der Waals surface area contributed by atoms with Crippen molar-refractivity contribution in [3.8, 4) is 0 Å². The van der Waals surface area contributed by atoms with Crippen LogP contribution >= 0.6 is 0 Å². The van der Waals surface area contributed by atoms with Crippen molar-refractivity contribution in [3.63, 3.8) is 0 Å². The van der Waals surface area contributed by atoms with Gasteiger partial charge in [-0.3, -0.25) is 15.0 Å². The Morgan fingerprint density at radius 2 is 1.86 bits per heavy atom. The maximum absolute atomic E-state index is 12.4. The molecule has 28 heavy (non-hydrogen) atoms. The molecule has 1 amide bonds. The predicted molar refractivity (Wildman–Crippen MR) is 106 cm³/mol. The van der Waals surface area contributed by atoms with E-state index >= 15 is 0 Å². The van der Waals surface area contributed by atoms with E-state index in [1.165, 1.54) is 24.8 Å². The molecular formula is C21H25N5O2. The molecule has 1 aliphatic heterocycles. The second-order valence-electron chi connectivity index (χ2n) is 7.31. The highest BCUT2D eigenvalue weighted by Gasteiger charge is 2.16. The van der Waals surface area contributed by atoms with Crippen LogP contribution in [0.3, 0.4) is 0 Å². The molecule has 146 valence electrons. The molecule has 1 aromatic carbocycles. The van der Waals surface area contributed by atoms with Crippen LogP contribution in [0.15, 0.2) is 47.1 Å². The number of hydrogen-bond acceptors (Lipinski definition) is 5. The minimum Gasteiger partial charge on any atom is -0.455 e. The number of anilines is 1. The lowest BCUT2D eigenvalue weighted by Gasteiger charge is -2.25. The molecule has 3 aromatic rings. The largest absolute Gasteiger partial charge is 0.455 e. The van der Waals surface area contributed by atoms with Gasteiger partial charge in [0.2, 0.25) is 5.95 Å². The van der Waals surface area contributed by atoms with Crippen LogP contribution in [0.25, 0.3) is 0 Å². The number of furan rings is 1. The Morgan fingerprint density at radius 3 is 2.64 bits per heavy atom. The first-order valence-electron chi connectivity index (χ1n) is 9.73. The molecule has 2 aromatic heterocycles. The minimum absolute atomic E-state index is 0.270. The van der Waals surface area contributed by atoms with E-state index in [2.05, 4.69) is 51.5 Å². The number of nitrogens with one attached hydrogen (secondary N) is 1. The molecule has 7 heteroatoms. The zero-order valence-electron chi connectivity index (χ0n) is 16.1. The van der Waals surface area contributed by atoms with E-state index in [0.717, 1.165) is 31.0 Å². The molecule has 1 fully saturated rings. The van der Waals surface area contributed by atoms with Crippen LogP contribution < -0.4 is 5.32 Å². The first kappa shape index (κ1) is 18.4. The van der Waals surface area contributed by atoms with E-state index in [9.17, 15) is 4.79 Å². The van der Waals surface area contributed by atoms with Crippen molar-refractivity contribution in [3.05, 3.63) is 65.4 Å². The minimum atomic E-state index is -0.335. The Hall–Kier alpha value is -2.93. The van der Waals surface area contributed by atoms with Crippen molar-refractivity contribution in [1.82, 2.24) is 19.7 Å². The molecule has 0 radical (unpaired) electrons. The number of likely N-dealkylation sites (tertiary alicyclic amines) is 1. The van der Waals surface area contributed by atoms with Crippen LogP contribution in [0.1, 0.15) is 46.7 Å². The zero-order valence-corrected chi connectivity index (χ0v) is 16.1. The number of carbonyl (C=O) groups excluding carboxylic acids is 1. The quantitative estimate of drug-likeness (QED) is 0.710. The highest BCUT2D eigenvalue weighted by atomic mass is 16.4. The Bertz CT molecular complexity index is 922. The molecule has 1 N–H and O–H groups in total. The van der Waals surface area contributed by atoms with Crippen LogP contribution in [-0.4, -0.2) is 38.7 Å². The normalized spacial score (nSPS) is 14.9. The molecular weight excluding hydrogens is 354 g/mol. The fourth-order valence-corrected chi connectivity index (χ4v) is 3.39. The van der Waals surface area contributed by atoms with Crippen molar-refractivity contribution >= 4 is 11.9 Å². The molecule has 0 unspecified atom stereocenters. The van der Waals surface area contributed by atoms with Gasteiger partial charge in [0.25, 0.3) is 5.91 Å². The molecule has 0 atom stereocenters. The van der Waals surface area contributed by atoms with E-state index in [4.69, 9.17) is 4.42 Å². The Morgan fingerprint density at radius 1 is 1.07 bits per heavy atom. The average molecular weight is 379 g/mol. The second kappa shape index (κ2) is 8.39. The van der Waals surface area contributed by atoms with Gasteiger partial charge in [0.15, 0.2) is 5.76 Å². The van der Waals surface area contributed by atoms with Gasteiger partial charge in [0.05, 0.1) is 13.1 Å². The predicted octanol–water partition coefficient (Wildman–Crippen LogP) is 3.47. The maximum atomic E-state index is 12.4. The third-order valence-electron chi connectivity index (χ3n) is 4.94. The van der Waals surface area contributed by atoms with Gasteiger partial charge in [-0.2, -0.15) is 0 Å².